The van der Waals surface area contributed by atoms with Gasteiger partial charge in [-0.05, 0) is 18.7 Å². The van der Waals surface area contributed by atoms with E-state index in [1.54, 1.807) is 5.31 Å². The largest absolute Gasteiger partial charge is 0.0954 e. The van der Waals surface area contributed by atoms with Crippen LogP contribution in [-0.4, -0.2) is 12.3 Å². The highest BCUT2D eigenvalue weighted by Gasteiger charge is 2.08. The van der Waals surface area contributed by atoms with Gasteiger partial charge in [-0.15, -0.1) is 0 Å². The van der Waals surface area contributed by atoms with E-state index < -0.39 is 0 Å². The predicted molar refractivity (Wildman–Crippen MR) is 61.3 cm³/mol. The summed E-state index contributed by atoms with van der Waals surface area (Å²) in [6.45, 7) is 11.0. The minimum absolute atomic E-state index is 0.178. The van der Waals surface area contributed by atoms with Crippen LogP contribution < -0.4 is 0 Å². The van der Waals surface area contributed by atoms with Crippen molar-refractivity contribution in [2.24, 2.45) is 0 Å². The summed E-state index contributed by atoms with van der Waals surface area (Å²) < 4.78 is 0. The average Bonchev–Trinajstić information content (AvgIpc) is 2.04. The third-order valence-corrected chi connectivity index (χ3v) is 5.06. The highest BCUT2D eigenvalue weighted by atomic mass is 31.1. The Morgan fingerprint density at radius 1 is 1.00 bits per heavy atom. The second-order valence-corrected chi connectivity index (χ2v) is 5.91. The van der Waals surface area contributed by atoms with Crippen LogP contribution >= 0.6 is 7.92 Å². The molecule has 0 amide bonds. The average molecular weight is 186 g/mol. The van der Waals surface area contributed by atoms with Crippen molar-refractivity contribution in [2.75, 3.05) is 12.3 Å². The molecule has 0 saturated carbocycles. The van der Waals surface area contributed by atoms with Crippen LogP contribution in [0.25, 0.3) is 0 Å². The van der Waals surface area contributed by atoms with Crippen molar-refractivity contribution in [2.45, 2.75) is 46.5 Å². The van der Waals surface area contributed by atoms with Gasteiger partial charge in [0.2, 0.25) is 0 Å². The molecule has 0 nitrogen and oxygen atoms in total. The lowest BCUT2D eigenvalue weighted by Gasteiger charge is -2.18. The molecular weight excluding hydrogens is 163 g/mol. The molecule has 0 heterocycles. The van der Waals surface area contributed by atoms with E-state index >= 15 is 0 Å². The van der Waals surface area contributed by atoms with Gasteiger partial charge in [-0.25, -0.2) is 0 Å². The fraction of sp³-hybridized carbons (Fsp3) is 0.818. The summed E-state index contributed by atoms with van der Waals surface area (Å²) in [5.74, 6) is 0. The molecule has 12 heavy (non-hydrogen) atoms. The molecule has 0 unspecified atom stereocenters. The zero-order valence-electron chi connectivity index (χ0n) is 8.90. The zero-order chi connectivity index (χ0) is 9.40. The van der Waals surface area contributed by atoms with E-state index in [4.69, 9.17) is 0 Å². The quantitative estimate of drug-likeness (QED) is 0.510. The van der Waals surface area contributed by atoms with E-state index in [-0.39, 0.29) is 7.92 Å². The van der Waals surface area contributed by atoms with E-state index in [1.165, 1.54) is 38.0 Å². The Labute approximate surface area is 79.2 Å². The Morgan fingerprint density at radius 2 is 1.50 bits per heavy atom. The minimum Gasteiger partial charge on any atom is -0.0954 e. The summed E-state index contributed by atoms with van der Waals surface area (Å²) in [6.07, 6.45) is 7.99. The summed E-state index contributed by atoms with van der Waals surface area (Å²) in [6, 6.07) is 0. The fourth-order valence-corrected chi connectivity index (χ4v) is 3.89. The standard InChI is InChI=1S/C11H23P/c1-5-8-11(4)12(9-6-2)10-7-3/h4-10H2,1-3H3. The maximum absolute atomic E-state index is 4.21. The van der Waals surface area contributed by atoms with Gasteiger partial charge >= 0.3 is 0 Å². The van der Waals surface area contributed by atoms with Crippen molar-refractivity contribution < 1.29 is 0 Å². The second kappa shape index (κ2) is 7.80. The lowest BCUT2D eigenvalue weighted by atomic mass is 10.3. The number of rotatable bonds is 7. The maximum atomic E-state index is 4.21. The highest BCUT2D eigenvalue weighted by Crippen LogP contribution is 2.46. The first kappa shape index (κ1) is 12.2. The molecule has 0 bridgehead atoms. The summed E-state index contributed by atoms with van der Waals surface area (Å²) in [5, 5.41) is 1.55. The van der Waals surface area contributed by atoms with Crippen LogP contribution in [0.5, 0.6) is 0 Å². The van der Waals surface area contributed by atoms with Gasteiger partial charge in [0.25, 0.3) is 0 Å². The van der Waals surface area contributed by atoms with Crippen molar-refractivity contribution in [3.63, 3.8) is 0 Å². The lowest BCUT2D eigenvalue weighted by molar-refractivity contribution is 0.940. The van der Waals surface area contributed by atoms with E-state index in [2.05, 4.69) is 27.4 Å². The predicted octanol–water partition coefficient (Wildman–Crippen LogP) is 4.60. The molecular formula is C11H23P. The van der Waals surface area contributed by atoms with Crippen molar-refractivity contribution in [1.82, 2.24) is 0 Å². The van der Waals surface area contributed by atoms with E-state index in [9.17, 15) is 0 Å². The Kier molecular flexibility index (Phi) is 7.91. The molecule has 0 aromatic heterocycles. The van der Waals surface area contributed by atoms with Crippen LogP contribution in [0, 0.1) is 0 Å². The molecule has 0 aromatic carbocycles. The molecule has 0 aliphatic carbocycles. The van der Waals surface area contributed by atoms with Crippen molar-refractivity contribution >= 4 is 7.92 Å². The van der Waals surface area contributed by atoms with Crippen LogP contribution in [0.15, 0.2) is 11.9 Å². The van der Waals surface area contributed by atoms with Crippen LogP contribution in [0.1, 0.15) is 46.5 Å². The molecule has 0 rings (SSSR count). The molecule has 1 heteroatoms. The third kappa shape index (κ3) is 4.93. The van der Waals surface area contributed by atoms with Crippen molar-refractivity contribution in [1.29, 1.82) is 0 Å². The zero-order valence-corrected chi connectivity index (χ0v) is 9.79. The molecule has 0 radical (unpaired) electrons. The third-order valence-electron chi connectivity index (χ3n) is 1.97. The van der Waals surface area contributed by atoms with Gasteiger partial charge in [0.05, 0.1) is 0 Å². The van der Waals surface area contributed by atoms with Gasteiger partial charge in [0.15, 0.2) is 0 Å². The Balaban J connectivity index is 3.81. The number of hydrogen-bond donors (Lipinski definition) is 0. The van der Waals surface area contributed by atoms with Gasteiger partial charge in [-0.3, -0.25) is 0 Å². The van der Waals surface area contributed by atoms with E-state index in [0.717, 1.165) is 0 Å². The highest BCUT2D eigenvalue weighted by molar-refractivity contribution is 7.62. The monoisotopic (exact) mass is 186 g/mol. The van der Waals surface area contributed by atoms with Crippen LogP contribution in [0.3, 0.4) is 0 Å². The SMILES string of the molecule is C=C(CCC)P(CCC)CCC. The van der Waals surface area contributed by atoms with Gasteiger partial charge in [-0.2, -0.15) is 0 Å². The first-order valence-electron chi connectivity index (χ1n) is 5.18. The molecule has 0 fully saturated rings. The molecule has 0 atom stereocenters. The van der Waals surface area contributed by atoms with Gasteiger partial charge < -0.3 is 0 Å². The Hall–Kier alpha value is 0.170. The van der Waals surface area contributed by atoms with Crippen LogP contribution in [0.4, 0.5) is 0 Å². The van der Waals surface area contributed by atoms with Crippen LogP contribution in [0.2, 0.25) is 0 Å². The Morgan fingerprint density at radius 3 is 1.83 bits per heavy atom. The molecule has 0 aliphatic heterocycles. The molecule has 0 N–H and O–H groups in total. The molecule has 0 aromatic rings. The minimum atomic E-state index is 0.178. The first-order valence-corrected chi connectivity index (χ1v) is 6.90. The fourth-order valence-electron chi connectivity index (χ4n) is 1.41. The van der Waals surface area contributed by atoms with Gasteiger partial charge in [-0.1, -0.05) is 59.8 Å². The van der Waals surface area contributed by atoms with E-state index in [0.29, 0.717) is 0 Å². The normalized spacial score (nSPS) is 10.7. The van der Waals surface area contributed by atoms with Crippen molar-refractivity contribution in [3.05, 3.63) is 11.9 Å². The Bertz CT molecular complexity index is 112. The summed E-state index contributed by atoms with van der Waals surface area (Å²) >= 11 is 0. The van der Waals surface area contributed by atoms with Gasteiger partial charge in [0, 0.05) is 0 Å². The van der Waals surface area contributed by atoms with Gasteiger partial charge in [0.1, 0.15) is 0 Å². The summed E-state index contributed by atoms with van der Waals surface area (Å²) in [4.78, 5) is 0. The van der Waals surface area contributed by atoms with E-state index in [1.807, 2.05) is 0 Å². The molecule has 0 spiro atoms. The topological polar surface area (TPSA) is 0 Å². The first-order chi connectivity index (χ1) is 5.76. The second-order valence-electron chi connectivity index (χ2n) is 3.30. The molecule has 0 saturated heterocycles. The molecule has 72 valence electrons. The number of allylic oxidation sites excluding steroid dienone is 1. The maximum Gasteiger partial charge on any atom is -0.0283 e. The smallest absolute Gasteiger partial charge is 0.0283 e. The number of hydrogen-bond acceptors (Lipinski definition) is 0. The van der Waals surface area contributed by atoms with Crippen LogP contribution in [-0.2, 0) is 0 Å². The molecule has 0 aliphatic rings. The summed E-state index contributed by atoms with van der Waals surface area (Å²) in [7, 11) is 0.178. The lowest BCUT2D eigenvalue weighted by Crippen LogP contribution is -1.91. The summed E-state index contributed by atoms with van der Waals surface area (Å²) in [5.41, 5.74) is 0. The van der Waals surface area contributed by atoms with Crippen molar-refractivity contribution in [3.8, 4) is 0 Å².